The fourth-order valence-electron chi connectivity index (χ4n) is 4.51. The molecule has 0 aliphatic carbocycles. The fraction of sp³-hybridized carbons (Fsp3) is 0.480. The fourth-order valence-corrected chi connectivity index (χ4v) is 6.28. The summed E-state index contributed by atoms with van der Waals surface area (Å²) in [7, 11) is -3.44. The predicted octanol–water partition coefficient (Wildman–Crippen LogP) is 3.03. The average molecular weight is 506 g/mol. The first kappa shape index (κ1) is 25.1. The minimum atomic E-state index is -3.44. The molecule has 2 heterocycles. The van der Waals surface area contributed by atoms with E-state index in [0.29, 0.717) is 43.1 Å². The Kier molecular flexibility index (Phi) is 8.60. The van der Waals surface area contributed by atoms with Gasteiger partial charge in [-0.3, -0.25) is 9.69 Å². The molecule has 4 rings (SSSR count). The maximum absolute atomic E-state index is 12.8. The normalized spacial score (nSPS) is 18.6. The molecule has 1 amide bonds. The van der Waals surface area contributed by atoms with E-state index in [1.165, 1.54) is 9.87 Å². The van der Waals surface area contributed by atoms with Crippen molar-refractivity contribution in [1.29, 1.82) is 0 Å². The van der Waals surface area contributed by atoms with Crippen LogP contribution in [0.5, 0.6) is 0 Å². The van der Waals surface area contributed by atoms with Gasteiger partial charge in [-0.2, -0.15) is 0 Å². The van der Waals surface area contributed by atoms with Crippen molar-refractivity contribution in [2.45, 2.75) is 31.7 Å². The Labute approximate surface area is 207 Å². The second kappa shape index (κ2) is 11.6. The molecule has 1 N–H and O–H groups in total. The lowest BCUT2D eigenvalue weighted by molar-refractivity contribution is -0.126. The Morgan fingerprint density at radius 1 is 0.971 bits per heavy atom. The van der Waals surface area contributed by atoms with Crippen LogP contribution in [-0.4, -0.2) is 62.9 Å². The van der Waals surface area contributed by atoms with Crippen LogP contribution >= 0.6 is 11.6 Å². The van der Waals surface area contributed by atoms with Gasteiger partial charge in [0.2, 0.25) is 15.9 Å². The van der Waals surface area contributed by atoms with Gasteiger partial charge in [-0.25, -0.2) is 12.7 Å². The zero-order chi connectivity index (χ0) is 24.0. The quantitative estimate of drug-likeness (QED) is 0.596. The third kappa shape index (κ3) is 7.02. The number of amides is 1. The summed E-state index contributed by atoms with van der Waals surface area (Å²) in [6.07, 6.45) is 1.05. The van der Waals surface area contributed by atoms with Crippen molar-refractivity contribution in [3.05, 3.63) is 70.2 Å². The molecule has 0 spiro atoms. The van der Waals surface area contributed by atoms with Gasteiger partial charge < -0.3 is 10.1 Å². The summed E-state index contributed by atoms with van der Waals surface area (Å²) >= 11 is 5.98. The van der Waals surface area contributed by atoms with Crippen LogP contribution in [0.4, 0.5) is 0 Å². The van der Waals surface area contributed by atoms with Crippen LogP contribution < -0.4 is 5.32 Å². The van der Waals surface area contributed by atoms with E-state index in [4.69, 9.17) is 16.3 Å². The van der Waals surface area contributed by atoms with Crippen molar-refractivity contribution in [2.75, 3.05) is 39.4 Å². The highest BCUT2D eigenvalue weighted by Gasteiger charge is 2.31. The van der Waals surface area contributed by atoms with E-state index in [1.807, 2.05) is 12.1 Å². The van der Waals surface area contributed by atoms with Gasteiger partial charge in [0.25, 0.3) is 0 Å². The van der Waals surface area contributed by atoms with Crippen LogP contribution in [0.1, 0.15) is 29.5 Å². The number of rotatable bonds is 8. The molecular formula is C25H32ClN3O4S. The van der Waals surface area contributed by atoms with Crippen molar-refractivity contribution in [3.8, 4) is 0 Å². The smallest absolute Gasteiger partial charge is 0.223 e. The number of morpholine rings is 1. The topological polar surface area (TPSA) is 79.0 Å². The monoisotopic (exact) mass is 505 g/mol. The molecule has 2 aliphatic heterocycles. The van der Waals surface area contributed by atoms with Crippen LogP contribution in [0.2, 0.25) is 5.02 Å². The van der Waals surface area contributed by atoms with E-state index in [2.05, 4.69) is 22.3 Å². The molecular weight excluding hydrogens is 474 g/mol. The number of nitrogens with zero attached hydrogens (tertiary/aromatic N) is 2. The Morgan fingerprint density at radius 3 is 2.38 bits per heavy atom. The highest BCUT2D eigenvalue weighted by Crippen LogP contribution is 2.23. The molecule has 2 aliphatic rings. The highest BCUT2D eigenvalue weighted by molar-refractivity contribution is 7.88. The lowest BCUT2D eigenvalue weighted by Gasteiger charge is -2.30. The molecule has 0 atom stereocenters. The molecule has 2 fully saturated rings. The minimum absolute atomic E-state index is 0.00882. The number of piperidine rings is 1. The summed E-state index contributed by atoms with van der Waals surface area (Å²) in [5.41, 5.74) is 2.97. The molecule has 34 heavy (non-hydrogen) atoms. The van der Waals surface area contributed by atoms with Crippen molar-refractivity contribution in [1.82, 2.24) is 14.5 Å². The van der Waals surface area contributed by atoms with Gasteiger partial charge >= 0.3 is 0 Å². The highest BCUT2D eigenvalue weighted by atomic mass is 35.5. The zero-order valence-electron chi connectivity index (χ0n) is 19.3. The van der Waals surface area contributed by atoms with Gasteiger partial charge in [0.05, 0.1) is 19.0 Å². The molecule has 2 aromatic carbocycles. The first-order chi connectivity index (χ1) is 16.4. The second-order valence-corrected chi connectivity index (χ2v) is 11.4. The van der Waals surface area contributed by atoms with Crippen molar-refractivity contribution < 1.29 is 17.9 Å². The van der Waals surface area contributed by atoms with Crippen LogP contribution in [0.25, 0.3) is 0 Å². The van der Waals surface area contributed by atoms with Crippen molar-refractivity contribution in [3.63, 3.8) is 0 Å². The summed E-state index contributed by atoms with van der Waals surface area (Å²) in [4.78, 5) is 15.1. The molecule has 2 aromatic rings. The van der Waals surface area contributed by atoms with Gasteiger partial charge in [0.15, 0.2) is 0 Å². The zero-order valence-corrected chi connectivity index (χ0v) is 20.9. The van der Waals surface area contributed by atoms with Crippen LogP contribution in [0.3, 0.4) is 0 Å². The summed E-state index contributed by atoms with van der Waals surface area (Å²) in [6.45, 7) is 5.50. The molecule has 9 heteroatoms. The maximum atomic E-state index is 12.8. The van der Waals surface area contributed by atoms with Crippen LogP contribution in [0.15, 0.2) is 48.5 Å². The SMILES string of the molecule is O=C(NCc1cccc(CN2CCOCC2)c1)C1CCN(S(=O)(=O)Cc2cccc(Cl)c2)CC1. The number of carbonyl (C=O) groups is 1. The number of sulfonamides is 1. The van der Waals surface area contributed by atoms with Gasteiger partial charge in [-0.1, -0.05) is 48.0 Å². The molecule has 184 valence electrons. The first-order valence-corrected chi connectivity index (χ1v) is 13.8. The van der Waals surface area contributed by atoms with Crippen molar-refractivity contribution in [2.24, 2.45) is 5.92 Å². The van der Waals surface area contributed by atoms with Gasteiger partial charge in [-0.05, 0) is 41.7 Å². The largest absolute Gasteiger partial charge is 0.379 e. The van der Waals surface area contributed by atoms with E-state index in [-0.39, 0.29) is 17.6 Å². The number of hydrogen-bond acceptors (Lipinski definition) is 5. The van der Waals surface area contributed by atoms with E-state index in [1.54, 1.807) is 24.3 Å². The lowest BCUT2D eigenvalue weighted by atomic mass is 9.97. The molecule has 2 saturated heterocycles. The minimum Gasteiger partial charge on any atom is -0.379 e. The Bertz CT molecular complexity index is 1080. The summed E-state index contributed by atoms with van der Waals surface area (Å²) in [6, 6.07) is 15.2. The third-order valence-electron chi connectivity index (χ3n) is 6.42. The number of hydrogen-bond donors (Lipinski definition) is 1. The van der Waals surface area contributed by atoms with Crippen molar-refractivity contribution >= 4 is 27.5 Å². The molecule has 0 unspecified atom stereocenters. The molecule has 0 radical (unpaired) electrons. The number of ether oxygens (including phenoxy) is 1. The van der Waals surface area contributed by atoms with E-state index in [9.17, 15) is 13.2 Å². The molecule has 0 saturated carbocycles. The number of halogens is 1. The molecule has 0 bridgehead atoms. The van der Waals surface area contributed by atoms with Crippen LogP contribution in [0, 0.1) is 5.92 Å². The standard InChI is InChI=1S/C25H32ClN3O4S/c26-24-6-2-5-22(16-24)19-34(31,32)29-9-7-23(8-10-29)25(30)27-17-20-3-1-4-21(15-20)18-28-11-13-33-14-12-28/h1-6,15-16,23H,7-14,17-19H2,(H,27,30). The van der Waals surface area contributed by atoms with Gasteiger partial charge in [0, 0.05) is 50.2 Å². The summed E-state index contributed by atoms with van der Waals surface area (Å²) < 4.78 is 32.5. The maximum Gasteiger partial charge on any atom is 0.223 e. The first-order valence-electron chi connectivity index (χ1n) is 11.8. The number of benzene rings is 2. The Morgan fingerprint density at radius 2 is 1.65 bits per heavy atom. The van der Waals surface area contributed by atoms with E-state index >= 15 is 0 Å². The second-order valence-electron chi connectivity index (χ2n) is 8.99. The third-order valence-corrected chi connectivity index (χ3v) is 8.51. The Hall–Kier alpha value is -1.97. The van der Waals surface area contributed by atoms with Crippen LogP contribution in [-0.2, 0) is 38.4 Å². The van der Waals surface area contributed by atoms with E-state index in [0.717, 1.165) is 38.4 Å². The summed E-state index contributed by atoms with van der Waals surface area (Å²) in [5.74, 6) is -0.259. The predicted molar refractivity (Wildman–Crippen MR) is 133 cm³/mol. The average Bonchev–Trinajstić information content (AvgIpc) is 2.83. The Balaban J connectivity index is 1.24. The lowest BCUT2D eigenvalue weighted by Crippen LogP contribution is -2.43. The summed E-state index contributed by atoms with van der Waals surface area (Å²) in [5, 5.41) is 3.57. The van der Waals surface area contributed by atoms with E-state index < -0.39 is 10.0 Å². The molecule has 0 aromatic heterocycles. The van der Waals surface area contributed by atoms with Gasteiger partial charge in [0.1, 0.15) is 0 Å². The number of nitrogens with one attached hydrogen (secondary N) is 1. The molecule has 7 nitrogen and oxygen atoms in total. The van der Waals surface area contributed by atoms with Gasteiger partial charge in [-0.15, -0.1) is 0 Å². The number of carbonyl (C=O) groups excluding carboxylic acids is 1.